The van der Waals surface area contributed by atoms with E-state index in [9.17, 15) is 4.39 Å². The third-order valence-corrected chi connectivity index (χ3v) is 3.13. The predicted molar refractivity (Wildman–Crippen MR) is 58.8 cm³/mol. The molecule has 14 heavy (non-hydrogen) atoms. The molecule has 82 valence electrons. The molecule has 2 atom stereocenters. The third-order valence-electron chi connectivity index (χ3n) is 3.13. The molecular formula is C11H21FN2. The van der Waals surface area contributed by atoms with Gasteiger partial charge in [0.1, 0.15) is 6.67 Å². The molecule has 0 saturated heterocycles. The van der Waals surface area contributed by atoms with Crippen LogP contribution in [0.1, 0.15) is 25.7 Å². The number of alkyl halides is 1. The van der Waals surface area contributed by atoms with Crippen LogP contribution in [0.4, 0.5) is 4.39 Å². The molecule has 1 aliphatic carbocycles. The Morgan fingerprint density at radius 2 is 2.14 bits per heavy atom. The second-order valence-corrected chi connectivity index (χ2v) is 4.09. The zero-order chi connectivity index (χ0) is 10.4. The SMILES string of the molecule is CN=CC1CCCC[C@@H]1N(C)CCF. The maximum absolute atomic E-state index is 12.2. The normalized spacial score (nSPS) is 28.9. The molecule has 0 radical (unpaired) electrons. The van der Waals surface area contributed by atoms with Crippen LogP contribution >= 0.6 is 0 Å². The fourth-order valence-electron chi connectivity index (χ4n) is 2.35. The molecule has 0 heterocycles. The number of aliphatic imine (C=N–C) groups is 1. The van der Waals surface area contributed by atoms with E-state index in [1.165, 1.54) is 25.7 Å². The van der Waals surface area contributed by atoms with Crippen molar-refractivity contribution in [1.82, 2.24) is 4.90 Å². The Balaban J connectivity index is 2.52. The molecule has 0 N–H and O–H groups in total. The Kier molecular flexibility index (Phi) is 5.09. The average molecular weight is 200 g/mol. The first-order valence-corrected chi connectivity index (χ1v) is 5.48. The summed E-state index contributed by atoms with van der Waals surface area (Å²) in [6, 6.07) is 0.503. The highest BCUT2D eigenvalue weighted by atomic mass is 19.1. The summed E-state index contributed by atoms with van der Waals surface area (Å²) in [5.41, 5.74) is 0. The van der Waals surface area contributed by atoms with Gasteiger partial charge < -0.3 is 9.89 Å². The molecule has 1 saturated carbocycles. The summed E-state index contributed by atoms with van der Waals surface area (Å²) in [7, 11) is 3.84. The maximum atomic E-state index is 12.2. The van der Waals surface area contributed by atoms with Gasteiger partial charge >= 0.3 is 0 Å². The molecule has 2 nitrogen and oxygen atoms in total. The van der Waals surface area contributed by atoms with E-state index < -0.39 is 0 Å². The van der Waals surface area contributed by atoms with Crippen molar-refractivity contribution in [2.75, 3.05) is 27.3 Å². The minimum atomic E-state index is -0.247. The molecule has 0 bridgehead atoms. The maximum Gasteiger partial charge on any atom is 0.102 e. The Morgan fingerprint density at radius 1 is 1.43 bits per heavy atom. The van der Waals surface area contributed by atoms with E-state index in [0.717, 1.165) is 0 Å². The molecule has 0 amide bonds. The van der Waals surface area contributed by atoms with Crippen molar-refractivity contribution < 1.29 is 4.39 Å². The summed E-state index contributed by atoms with van der Waals surface area (Å²) >= 11 is 0. The standard InChI is InChI=1S/C11H21FN2/c1-13-9-10-5-3-4-6-11(10)14(2)8-7-12/h9-11H,3-8H2,1-2H3/t10?,11-/m0/s1. The summed E-state index contributed by atoms with van der Waals surface area (Å²) in [4.78, 5) is 6.25. The monoisotopic (exact) mass is 200 g/mol. The minimum Gasteiger partial charge on any atom is -0.301 e. The van der Waals surface area contributed by atoms with E-state index >= 15 is 0 Å². The highest BCUT2D eigenvalue weighted by Gasteiger charge is 2.26. The lowest BCUT2D eigenvalue weighted by Crippen LogP contribution is -2.41. The molecule has 0 aromatic carbocycles. The lowest BCUT2D eigenvalue weighted by atomic mass is 9.84. The highest BCUT2D eigenvalue weighted by molar-refractivity contribution is 5.61. The number of halogens is 1. The van der Waals surface area contributed by atoms with E-state index in [4.69, 9.17) is 0 Å². The van der Waals surface area contributed by atoms with Gasteiger partial charge in [-0.25, -0.2) is 4.39 Å². The molecule has 0 aliphatic heterocycles. The Hall–Kier alpha value is -0.440. The van der Waals surface area contributed by atoms with Crippen molar-refractivity contribution in [1.29, 1.82) is 0 Å². The first-order chi connectivity index (χ1) is 6.79. The van der Waals surface area contributed by atoms with Crippen LogP contribution in [0, 0.1) is 5.92 Å². The quantitative estimate of drug-likeness (QED) is 0.635. The van der Waals surface area contributed by atoms with Gasteiger partial charge in [0.05, 0.1) is 0 Å². The zero-order valence-corrected chi connectivity index (χ0v) is 9.25. The zero-order valence-electron chi connectivity index (χ0n) is 9.25. The van der Waals surface area contributed by atoms with Crippen molar-refractivity contribution in [3.63, 3.8) is 0 Å². The fourth-order valence-corrected chi connectivity index (χ4v) is 2.35. The van der Waals surface area contributed by atoms with E-state index in [-0.39, 0.29) is 6.67 Å². The van der Waals surface area contributed by atoms with Gasteiger partial charge in [0.2, 0.25) is 0 Å². The number of rotatable bonds is 4. The average Bonchev–Trinajstić information content (AvgIpc) is 2.19. The lowest BCUT2D eigenvalue weighted by Gasteiger charge is -2.35. The number of hydrogen-bond donors (Lipinski definition) is 0. The molecule has 0 spiro atoms. The Labute approximate surface area is 86.2 Å². The van der Waals surface area contributed by atoms with E-state index in [2.05, 4.69) is 9.89 Å². The minimum absolute atomic E-state index is 0.247. The van der Waals surface area contributed by atoms with Crippen LogP contribution in [0.15, 0.2) is 4.99 Å². The Morgan fingerprint density at radius 3 is 2.79 bits per heavy atom. The molecular weight excluding hydrogens is 179 g/mol. The van der Waals surface area contributed by atoms with E-state index in [1.54, 1.807) is 0 Å². The van der Waals surface area contributed by atoms with Crippen LogP contribution in [0.5, 0.6) is 0 Å². The van der Waals surface area contributed by atoms with Crippen molar-refractivity contribution >= 4 is 6.21 Å². The summed E-state index contributed by atoms with van der Waals surface area (Å²) in [5.74, 6) is 0.533. The molecule has 0 aromatic heterocycles. The van der Waals surface area contributed by atoms with Crippen LogP contribution < -0.4 is 0 Å². The Bertz CT molecular complexity index is 182. The van der Waals surface area contributed by atoms with Gasteiger partial charge in [-0.2, -0.15) is 0 Å². The van der Waals surface area contributed by atoms with Gasteiger partial charge in [0.25, 0.3) is 0 Å². The van der Waals surface area contributed by atoms with Crippen LogP contribution in [0.2, 0.25) is 0 Å². The van der Waals surface area contributed by atoms with Crippen LogP contribution in [0.25, 0.3) is 0 Å². The number of nitrogens with zero attached hydrogens (tertiary/aromatic N) is 2. The molecule has 1 unspecified atom stereocenters. The molecule has 1 rings (SSSR count). The van der Waals surface area contributed by atoms with Crippen molar-refractivity contribution in [2.45, 2.75) is 31.7 Å². The molecule has 1 aliphatic rings. The van der Waals surface area contributed by atoms with Gasteiger partial charge in [-0.05, 0) is 19.9 Å². The van der Waals surface area contributed by atoms with Gasteiger partial charge in [0.15, 0.2) is 0 Å². The molecule has 0 aromatic rings. The first kappa shape index (κ1) is 11.6. The second-order valence-electron chi connectivity index (χ2n) is 4.09. The van der Waals surface area contributed by atoms with Crippen LogP contribution in [-0.2, 0) is 0 Å². The summed E-state index contributed by atoms with van der Waals surface area (Å²) in [5, 5.41) is 0. The van der Waals surface area contributed by atoms with Crippen LogP contribution in [-0.4, -0.2) is 44.5 Å². The topological polar surface area (TPSA) is 15.6 Å². The van der Waals surface area contributed by atoms with E-state index in [1.807, 2.05) is 20.3 Å². The predicted octanol–water partition coefficient (Wildman–Crippen LogP) is 2.15. The number of hydrogen-bond acceptors (Lipinski definition) is 2. The van der Waals surface area contributed by atoms with Crippen LogP contribution in [0.3, 0.4) is 0 Å². The fraction of sp³-hybridized carbons (Fsp3) is 0.909. The summed E-state index contributed by atoms with van der Waals surface area (Å²) < 4.78 is 12.2. The van der Waals surface area contributed by atoms with Gasteiger partial charge in [0, 0.05) is 31.8 Å². The van der Waals surface area contributed by atoms with Crippen molar-refractivity contribution in [3.05, 3.63) is 0 Å². The van der Waals surface area contributed by atoms with Crippen molar-refractivity contribution in [3.8, 4) is 0 Å². The van der Waals surface area contributed by atoms with Crippen molar-refractivity contribution in [2.24, 2.45) is 10.9 Å². The van der Waals surface area contributed by atoms with Gasteiger partial charge in [-0.15, -0.1) is 0 Å². The summed E-state index contributed by atoms with van der Waals surface area (Å²) in [6.07, 6.45) is 7.00. The lowest BCUT2D eigenvalue weighted by molar-refractivity contribution is 0.155. The molecule has 1 fully saturated rings. The third kappa shape index (κ3) is 3.05. The largest absolute Gasteiger partial charge is 0.301 e. The highest BCUT2D eigenvalue weighted by Crippen LogP contribution is 2.26. The first-order valence-electron chi connectivity index (χ1n) is 5.48. The smallest absolute Gasteiger partial charge is 0.102 e. The van der Waals surface area contributed by atoms with Gasteiger partial charge in [-0.3, -0.25) is 0 Å². The van der Waals surface area contributed by atoms with Gasteiger partial charge in [-0.1, -0.05) is 12.8 Å². The second kappa shape index (κ2) is 6.12. The summed E-state index contributed by atoms with van der Waals surface area (Å²) in [6.45, 7) is 0.307. The van der Waals surface area contributed by atoms with E-state index in [0.29, 0.717) is 18.5 Å². The molecule has 3 heteroatoms.